The Labute approximate surface area is 191 Å². The van der Waals surface area contributed by atoms with Crippen LogP contribution in [0.15, 0.2) is 60.7 Å². The van der Waals surface area contributed by atoms with Crippen LogP contribution in [-0.2, 0) is 6.42 Å². The number of rotatable bonds is 7. The van der Waals surface area contributed by atoms with E-state index in [1.54, 1.807) is 7.11 Å². The van der Waals surface area contributed by atoms with Crippen LogP contribution in [0.2, 0.25) is 0 Å². The second-order valence-electron chi connectivity index (χ2n) is 8.63. The lowest BCUT2D eigenvalue weighted by molar-refractivity contribution is 0.264. The van der Waals surface area contributed by atoms with E-state index in [4.69, 9.17) is 9.47 Å². The first-order valence-electron chi connectivity index (χ1n) is 11.7. The molecule has 1 aliphatic carbocycles. The van der Waals surface area contributed by atoms with Crippen molar-refractivity contribution in [3.63, 3.8) is 0 Å². The third kappa shape index (κ3) is 4.20. The van der Waals surface area contributed by atoms with Crippen LogP contribution in [0.1, 0.15) is 24.5 Å². The summed E-state index contributed by atoms with van der Waals surface area (Å²) < 4.78 is 11.2. The summed E-state index contributed by atoms with van der Waals surface area (Å²) in [5.74, 6) is 1.90. The van der Waals surface area contributed by atoms with Crippen LogP contribution in [0.5, 0.6) is 11.5 Å². The fraction of sp³-hybridized carbons (Fsp3) is 0.357. The van der Waals surface area contributed by atoms with Crippen molar-refractivity contribution in [2.75, 3.05) is 51.3 Å². The lowest BCUT2D eigenvalue weighted by Gasteiger charge is -2.36. The van der Waals surface area contributed by atoms with E-state index in [0.717, 1.165) is 57.1 Å². The summed E-state index contributed by atoms with van der Waals surface area (Å²) in [6, 6.07) is 19.5. The Morgan fingerprint density at radius 3 is 2.56 bits per heavy atom. The molecule has 0 N–H and O–H groups in total. The van der Waals surface area contributed by atoms with Crippen molar-refractivity contribution in [1.82, 2.24) is 4.90 Å². The van der Waals surface area contributed by atoms with E-state index in [1.807, 2.05) is 6.92 Å². The number of hydrogen-bond acceptors (Lipinski definition) is 4. The highest BCUT2D eigenvalue weighted by molar-refractivity contribution is 5.95. The molecular weight excluding hydrogens is 396 g/mol. The third-order valence-corrected chi connectivity index (χ3v) is 6.78. The van der Waals surface area contributed by atoms with E-state index in [9.17, 15) is 0 Å². The van der Waals surface area contributed by atoms with Gasteiger partial charge in [0.2, 0.25) is 0 Å². The average Bonchev–Trinajstić information content (AvgIpc) is 3.25. The topological polar surface area (TPSA) is 24.9 Å². The van der Waals surface area contributed by atoms with Gasteiger partial charge in [0.1, 0.15) is 11.5 Å². The highest BCUT2D eigenvalue weighted by Gasteiger charge is 2.21. The summed E-state index contributed by atoms with van der Waals surface area (Å²) in [4.78, 5) is 5.13. The Kier molecular flexibility index (Phi) is 6.04. The molecule has 0 bridgehead atoms. The van der Waals surface area contributed by atoms with Gasteiger partial charge in [0, 0.05) is 43.8 Å². The number of nitrogens with zero attached hydrogens (tertiary/aromatic N) is 2. The van der Waals surface area contributed by atoms with Gasteiger partial charge in [-0.3, -0.25) is 4.90 Å². The maximum atomic E-state index is 5.75. The van der Waals surface area contributed by atoms with Crippen molar-refractivity contribution in [3.8, 4) is 11.5 Å². The third-order valence-electron chi connectivity index (χ3n) is 6.78. The summed E-state index contributed by atoms with van der Waals surface area (Å²) >= 11 is 0. The lowest BCUT2D eigenvalue weighted by Crippen LogP contribution is -2.46. The zero-order valence-corrected chi connectivity index (χ0v) is 19.1. The minimum Gasteiger partial charge on any atom is -0.497 e. The lowest BCUT2D eigenvalue weighted by atomic mass is 10.0. The molecule has 4 heteroatoms. The van der Waals surface area contributed by atoms with Gasteiger partial charge in [0.05, 0.1) is 13.7 Å². The second kappa shape index (κ2) is 9.25. The Hall–Kier alpha value is -2.98. The van der Waals surface area contributed by atoms with Gasteiger partial charge in [0.15, 0.2) is 0 Å². The number of benzene rings is 3. The molecule has 32 heavy (non-hydrogen) atoms. The molecule has 1 saturated heterocycles. The molecule has 4 nitrogen and oxygen atoms in total. The van der Waals surface area contributed by atoms with Crippen molar-refractivity contribution in [2.24, 2.45) is 0 Å². The minimum absolute atomic E-state index is 0.694. The van der Waals surface area contributed by atoms with Crippen LogP contribution in [0.3, 0.4) is 0 Å². The minimum atomic E-state index is 0.694. The molecule has 0 unspecified atom stereocenters. The van der Waals surface area contributed by atoms with Crippen LogP contribution < -0.4 is 14.4 Å². The first kappa shape index (κ1) is 20.9. The maximum Gasteiger partial charge on any atom is 0.119 e. The van der Waals surface area contributed by atoms with Gasteiger partial charge in [0.25, 0.3) is 0 Å². The van der Waals surface area contributed by atoms with Gasteiger partial charge < -0.3 is 14.4 Å². The zero-order chi connectivity index (χ0) is 21.9. The van der Waals surface area contributed by atoms with Gasteiger partial charge in [-0.1, -0.05) is 30.3 Å². The largest absolute Gasteiger partial charge is 0.497 e. The molecule has 3 aromatic rings. The molecule has 0 radical (unpaired) electrons. The van der Waals surface area contributed by atoms with Crippen molar-refractivity contribution in [1.29, 1.82) is 0 Å². The molecule has 0 spiro atoms. The quantitative estimate of drug-likeness (QED) is 0.503. The normalized spacial score (nSPS) is 16.2. The zero-order valence-electron chi connectivity index (χ0n) is 19.1. The van der Waals surface area contributed by atoms with Crippen LogP contribution in [0.4, 0.5) is 5.69 Å². The molecule has 1 fully saturated rings. The van der Waals surface area contributed by atoms with Crippen molar-refractivity contribution in [2.45, 2.75) is 19.8 Å². The number of anilines is 1. The number of ether oxygens (including phenoxy) is 2. The molecule has 0 aromatic heterocycles. The smallest absolute Gasteiger partial charge is 0.119 e. The highest BCUT2D eigenvalue weighted by Crippen LogP contribution is 2.34. The van der Waals surface area contributed by atoms with E-state index in [2.05, 4.69) is 70.5 Å². The molecule has 166 valence electrons. The van der Waals surface area contributed by atoms with Gasteiger partial charge in [-0.15, -0.1) is 0 Å². The molecule has 0 atom stereocenters. The first-order chi connectivity index (χ1) is 15.7. The predicted octanol–water partition coefficient (Wildman–Crippen LogP) is 5.40. The Morgan fingerprint density at radius 1 is 0.906 bits per heavy atom. The molecule has 3 aromatic carbocycles. The predicted molar refractivity (Wildman–Crippen MR) is 133 cm³/mol. The monoisotopic (exact) mass is 428 g/mol. The summed E-state index contributed by atoms with van der Waals surface area (Å²) in [5.41, 5.74) is 5.60. The van der Waals surface area contributed by atoms with E-state index in [1.165, 1.54) is 33.2 Å². The Bertz CT molecular complexity index is 1130. The molecule has 0 saturated carbocycles. The van der Waals surface area contributed by atoms with E-state index >= 15 is 0 Å². The van der Waals surface area contributed by atoms with Crippen LogP contribution >= 0.6 is 0 Å². The number of allylic oxidation sites excluding steroid dienone is 1. The van der Waals surface area contributed by atoms with Gasteiger partial charge in [-0.25, -0.2) is 0 Å². The molecule has 5 rings (SSSR count). The summed E-state index contributed by atoms with van der Waals surface area (Å²) in [6.45, 7) is 8.15. The summed E-state index contributed by atoms with van der Waals surface area (Å²) in [7, 11) is 1.74. The van der Waals surface area contributed by atoms with E-state index in [-0.39, 0.29) is 0 Å². The van der Waals surface area contributed by atoms with Crippen LogP contribution in [0, 0.1) is 0 Å². The number of hydrogen-bond donors (Lipinski definition) is 0. The number of methoxy groups -OCH3 is 1. The van der Waals surface area contributed by atoms with Crippen LogP contribution in [0.25, 0.3) is 16.3 Å². The van der Waals surface area contributed by atoms with Crippen LogP contribution in [-0.4, -0.2) is 51.3 Å². The summed E-state index contributed by atoms with van der Waals surface area (Å²) in [5, 5.41) is 2.56. The van der Waals surface area contributed by atoms with Gasteiger partial charge in [-0.05, 0) is 72.2 Å². The van der Waals surface area contributed by atoms with Crippen molar-refractivity contribution < 1.29 is 9.47 Å². The Balaban J connectivity index is 1.22. The Morgan fingerprint density at radius 2 is 1.75 bits per heavy atom. The van der Waals surface area contributed by atoms with E-state index < -0.39 is 0 Å². The van der Waals surface area contributed by atoms with Crippen molar-refractivity contribution >= 4 is 22.0 Å². The molecule has 0 amide bonds. The van der Waals surface area contributed by atoms with Crippen molar-refractivity contribution in [3.05, 3.63) is 71.8 Å². The first-order valence-corrected chi connectivity index (χ1v) is 11.7. The van der Waals surface area contributed by atoms with Gasteiger partial charge >= 0.3 is 0 Å². The highest BCUT2D eigenvalue weighted by atomic mass is 16.5. The SMILES string of the molecule is CCOc1ccc2cccc(N3CCN(CCC4=CCc5ccc(OC)cc54)CC3)c2c1. The molecule has 1 heterocycles. The van der Waals surface area contributed by atoms with E-state index in [0.29, 0.717) is 6.61 Å². The molecule has 2 aliphatic rings. The fourth-order valence-electron chi connectivity index (χ4n) is 5.00. The average molecular weight is 429 g/mol. The van der Waals surface area contributed by atoms with Gasteiger partial charge in [-0.2, -0.15) is 0 Å². The standard InChI is InChI=1S/C28H32N2O2/c1-3-32-25-12-10-21-5-4-6-28(27(21)20-25)30-17-15-29(16-18-30)14-13-23-8-7-22-9-11-24(31-2)19-26(22)23/h4-6,8-12,19-20H,3,7,13-18H2,1-2H3. The second-order valence-corrected chi connectivity index (χ2v) is 8.63. The fourth-order valence-corrected chi connectivity index (χ4v) is 5.00. The summed E-state index contributed by atoms with van der Waals surface area (Å²) in [6.07, 6.45) is 4.55. The number of piperazine rings is 1. The number of fused-ring (bicyclic) bond motifs is 2. The molecule has 1 aliphatic heterocycles. The maximum absolute atomic E-state index is 5.75. The molecular formula is C28H32N2O2.